The maximum atomic E-state index is 10.3. The summed E-state index contributed by atoms with van der Waals surface area (Å²) in [5.41, 5.74) is 3.76. The highest BCUT2D eigenvalue weighted by Crippen LogP contribution is 2.50. The molecule has 0 amide bonds. The van der Waals surface area contributed by atoms with Crippen LogP contribution in [-0.4, -0.2) is 16.4 Å². The van der Waals surface area contributed by atoms with Crippen LogP contribution in [0.4, 0.5) is 0 Å². The summed E-state index contributed by atoms with van der Waals surface area (Å²) in [7, 11) is 0. The maximum Gasteiger partial charge on any atom is 0.112 e. The number of ether oxygens (including phenoxy) is 1. The summed E-state index contributed by atoms with van der Waals surface area (Å²) in [6.45, 7) is 1.79. The minimum absolute atomic E-state index is 0.407. The highest BCUT2D eigenvalue weighted by molar-refractivity contribution is 5.60. The Kier molecular flexibility index (Phi) is 5.54. The lowest BCUT2D eigenvalue weighted by Crippen LogP contribution is -2.41. The summed E-state index contributed by atoms with van der Waals surface area (Å²) in [5.74, 6) is 1.44. The van der Waals surface area contributed by atoms with Gasteiger partial charge in [-0.3, -0.25) is 4.68 Å². The predicted molar refractivity (Wildman–Crippen MR) is 133 cm³/mol. The molecule has 1 heterocycles. The van der Waals surface area contributed by atoms with E-state index in [0.29, 0.717) is 5.92 Å². The molecule has 0 unspecified atom stereocenters. The van der Waals surface area contributed by atoms with Gasteiger partial charge < -0.3 is 4.74 Å². The van der Waals surface area contributed by atoms with Crippen LogP contribution in [0.3, 0.4) is 0 Å². The van der Waals surface area contributed by atoms with Crippen molar-refractivity contribution in [3.8, 4) is 17.3 Å². The average molecular weight is 452 g/mol. The number of rotatable bonds is 8. The molecule has 174 valence electrons. The molecule has 0 bridgehead atoms. The molecule has 3 aliphatic carbocycles. The van der Waals surface area contributed by atoms with Gasteiger partial charge in [-0.15, -0.1) is 0 Å². The van der Waals surface area contributed by atoms with Crippen LogP contribution in [0.25, 0.3) is 11.3 Å². The molecular formula is C30H33N3O. The van der Waals surface area contributed by atoms with E-state index in [1.807, 2.05) is 18.2 Å². The van der Waals surface area contributed by atoms with Crippen LogP contribution in [-0.2, 0) is 22.3 Å². The van der Waals surface area contributed by atoms with Crippen molar-refractivity contribution in [3.05, 3.63) is 78.0 Å². The van der Waals surface area contributed by atoms with Gasteiger partial charge in [-0.1, -0.05) is 60.7 Å². The summed E-state index contributed by atoms with van der Waals surface area (Å²) in [5, 5.41) is 15.5. The first kappa shape index (κ1) is 21.6. The number of nitriles is 1. The Hall–Kier alpha value is -2.90. The summed E-state index contributed by atoms with van der Waals surface area (Å²) in [4.78, 5) is 0. The van der Waals surface area contributed by atoms with E-state index in [1.165, 1.54) is 36.9 Å². The van der Waals surface area contributed by atoms with E-state index in [4.69, 9.17) is 9.84 Å². The zero-order valence-electron chi connectivity index (χ0n) is 19.8. The second-order valence-electron chi connectivity index (χ2n) is 10.7. The molecule has 0 aliphatic heterocycles. The van der Waals surface area contributed by atoms with Crippen molar-refractivity contribution in [2.75, 3.05) is 6.61 Å². The molecule has 0 spiro atoms. The van der Waals surface area contributed by atoms with E-state index in [1.54, 1.807) is 0 Å². The van der Waals surface area contributed by atoms with E-state index >= 15 is 0 Å². The van der Waals surface area contributed by atoms with E-state index < -0.39 is 11.0 Å². The van der Waals surface area contributed by atoms with Crippen LogP contribution < -0.4 is 0 Å². The van der Waals surface area contributed by atoms with Gasteiger partial charge in [0.2, 0.25) is 0 Å². The minimum atomic E-state index is -0.438. The quantitative estimate of drug-likeness (QED) is 0.387. The first-order valence-corrected chi connectivity index (χ1v) is 12.9. The molecule has 3 fully saturated rings. The SMILES string of the molecule is N#C[C@]1(c2ccccc2)CC[C@@](OCC2CC2)(c2cc(-c3ccccc3)n(CC3CC3)n2)CC1. The monoisotopic (exact) mass is 451 g/mol. The van der Waals surface area contributed by atoms with E-state index in [0.717, 1.165) is 56.0 Å². The topological polar surface area (TPSA) is 50.8 Å². The van der Waals surface area contributed by atoms with Crippen LogP contribution in [0.2, 0.25) is 0 Å². The van der Waals surface area contributed by atoms with Crippen molar-refractivity contribution in [2.24, 2.45) is 11.8 Å². The minimum Gasteiger partial charge on any atom is -0.368 e. The van der Waals surface area contributed by atoms with Crippen LogP contribution in [0.1, 0.15) is 62.6 Å². The number of aromatic nitrogens is 2. The summed E-state index contributed by atoms with van der Waals surface area (Å²) >= 11 is 0. The fourth-order valence-corrected chi connectivity index (χ4v) is 5.50. The van der Waals surface area contributed by atoms with Crippen LogP contribution >= 0.6 is 0 Å². The number of nitrogens with zero attached hydrogens (tertiary/aromatic N) is 3. The van der Waals surface area contributed by atoms with Crippen molar-refractivity contribution in [3.63, 3.8) is 0 Å². The summed E-state index contributed by atoms with van der Waals surface area (Å²) in [6.07, 6.45) is 8.40. The Bertz CT molecular complexity index is 1160. The maximum absolute atomic E-state index is 10.3. The number of hydrogen-bond donors (Lipinski definition) is 0. The summed E-state index contributed by atoms with van der Waals surface area (Å²) in [6, 6.07) is 26.0. The van der Waals surface area contributed by atoms with E-state index in [2.05, 4.69) is 59.3 Å². The third-order valence-electron chi connectivity index (χ3n) is 8.19. The van der Waals surface area contributed by atoms with Crippen LogP contribution in [0, 0.1) is 23.2 Å². The van der Waals surface area contributed by atoms with Gasteiger partial charge in [0.05, 0.1) is 29.5 Å². The Labute approximate surface area is 202 Å². The number of hydrogen-bond acceptors (Lipinski definition) is 3. The Morgan fingerprint density at radius 3 is 2.15 bits per heavy atom. The molecule has 1 aromatic heterocycles. The molecule has 3 aromatic rings. The smallest absolute Gasteiger partial charge is 0.112 e. The molecule has 6 rings (SSSR count). The predicted octanol–water partition coefficient (Wildman–Crippen LogP) is 6.62. The third kappa shape index (κ3) is 4.18. The van der Waals surface area contributed by atoms with Crippen molar-refractivity contribution in [1.29, 1.82) is 5.26 Å². The zero-order chi connectivity index (χ0) is 23.0. The van der Waals surface area contributed by atoms with Gasteiger partial charge in [0.15, 0.2) is 0 Å². The van der Waals surface area contributed by atoms with Gasteiger partial charge in [0, 0.05) is 6.54 Å². The highest BCUT2D eigenvalue weighted by Gasteiger charge is 2.48. The fraction of sp³-hybridized carbons (Fsp3) is 0.467. The lowest BCUT2D eigenvalue weighted by molar-refractivity contribution is -0.0912. The molecule has 0 saturated heterocycles. The van der Waals surface area contributed by atoms with Gasteiger partial charge >= 0.3 is 0 Å². The largest absolute Gasteiger partial charge is 0.368 e. The van der Waals surface area contributed by atoms with Crippen molar-refractivity contribution >= 4 is 0 Å². The van der Waals surface area contributed by atoms with Crippen LogP contribution in [0.15, 0.2) is 66.7 Å². The molecule has 4 nitrogen and oxygen atoms in total. The van der Waals surface area contributed by atoms with Gasteiger partial charge in [0.1, 0.15) is 5.60 Å². The normalized spacial score (nSPS) is 26.8. The first-order valence-electron chi connectivity index (χ1n) is 12.9. The lowest BCUT2D eigenvalue weighted by Gasteiger charge is -2.42. The van der Waals surface area contributed by atoms with Crippen molar-refractivity contribution in [2.45, 2.75) is 68.9 Å². The average Bonchev–Trinajstić information content (AvgIpc) is 3.83. The van der Waals surface area contributed by atoms with Crippen LogP contribution in [0.5, 0.6) is 0 Å². The summed E-state index contributed by atoms with van der Waals surface area (Å²) < 4.78 is 9.02. The van der Waals surface area contributed by atoms with E-state index in [-0.39, 0.29) is 0 Å². The highest BCUT2D eigenvalue weighted by atomic mass is 16.5. The standard InChI is InChI=1S/C30H33N3O/c31-22-29(26-9-5-2-6-10-26)15-17-30(18-16-29,34-21-24-13-14-24)28-19-27(25-7-3-1-4-8-25)33(32-28)20-23-11-12-23/h1-10,19,23-24H,11-18,20-21H2/t29-,30-. The molecule has 3 aliphatic rings. The van der Waals surface area contributed by atoms with Gasteiger partial charge in [-0.05, 0) is 80.4 Å². The Morgan fingerprint density at radius 1 is 0.882 bits per heavy atom. The van der Waals surface area contributed by atoms with E-state index in [9.17, 15) is 5.26 Å². The molecule has 0 N–H and O–H groups in total. The van der Waals surface area contributed by atoms with Crippen molar-refractivity contribution < 1.29 is 4.74 Å². The number of benzene rings is 2. The van der Waals surface area contributed by atoms with Gasteiger partial charge in [-0.2, -0.15) is 10.4 Å². The molecule has 34 heavy (non-hydrogen) atoms. The van der Waals surface area contributed by atoms with Gasteiger partial charge in [-0.25, -0.2) is 0 Å². The lowest BCUT2D eigenvalue weighted by atomic mass is 9.65. The third-order valence-corrected chi connectivity index (χ3v) is 8.19. The zero-order valence-corrected chi connectivity index (χ0v) is 19.8. The second kappa shape index (κ2) is 8.71. The second-order valence-corrected chi connectivity index (χ2v) is 10.7. The Balaban J connectivity index is 1.35. The molecular weight excluding hydrogens is 418 g/mol. The van der Waals surface area contributed by atoms with Gasteiger partial charge in [0.25, 0.3) is 0 Å². The molecule has 0 radical (unpaired) electrons. The fourth-order valence-electron chi connectivity index (χ4n) is 5.50. The molecule has 2 aromatic carbocycles. The first-order chi connectivity index (χ1) is 16.7. The Morgan fingerprint density at radius 2 is 1.53 bits per heavy atom. The molecule has 0 atom stereocenters. The van der Waals surface area contributed by atoms with Crippen molar-refractivity contribution in [1.82, 2.24) is 9.78 Å². The molecule has 3 saturated carbocycles. The molecule has 4 heteroatoms.